The number of methoxy groups -OCH3 is 1. The average molecular weight is 346 g/mol. The number of carbonyl (C=O) groups is 1. The molecule has 1 aromatic rings. The van der Waals surface area contributed by atoms with Gasteiger partial charge in [-0.3, -0.25) is 4.90 Å². The molecule has 1 saturated heterocycles. The lowest BCUT2D eigenvalue weighted by Gasteiger charge is -2.27. The van der Waals surface area contributed by atoms with E-state index in [1.54, 1.807) is 0 Å². The van der Waals surface area contributed by atoms with E-state index in [1.807, 2.05) is 19.0 Å². The maximum atomic E-state index is 13.2. The Morgan fingerprint density at radius 3 is 2.29 bits per heavy atom. The number of nitrogens with one attached hydrogen (secondary N) is 1. The van der Waals surface area contributed by atoms with Crippen molar-refractivity contribution in [3.63, 3.8) is 0 Å². The SMILES string of the molecule is CNC.COC(=O)c1ccc(CN2CCCCC2)c(C(F)(F)F)c1. The number of nitrogens with zero attached hydrogens (tertiary/aromatic N) is 1. The number of carbonyl (C=O) groups excluding carboxylic acids is 1. The van der Waals surface area contributed by atoms with Crippen LogP contribution in [0, 0.1) is 0 Å². The zero-order chi connectivity index (χ0) is 18.2. The summed E-state index contributed by atoms with van der Waals surface area (Å²) in [5.74, 6) is -0.759. The molecule has 1 aliphatic rings. The molecule has 0 atom stereocenters. The molecule has 0 saturated carbocycles. The molecule has 1 N–H and O–H groups in total. The molecule has 1 fully saturated rings. The first-order valence-corrected chi connectivity index (χ1v) is 7.92. The molecule has 1 heterocycles. The number of likely N-dealkylation sites (tertiary alicyclic amines) is 1. The lowest BCUT2D eigenvalue weighted by molar-refractivity contribution is -0.138. The highest BCUT2D eigenvalue weighted by molar-refractivity contribution is 5.89. The van der Waals surface area contributed by atoms with E-state index in [1.165, 1.54) is 12.1 Å². The molecule has 1 aliphatic heterocycles. The minimum absolute atomic E-state index is 0.0766. The minimum Gasteiger partial charge on any atom is -0.465 e. The van der Waals surface area contributed by atoms with Gasteiger partial charge in [-0.2, -0.15) is 13.2 Å². The number of hydrogen-bond donors (Lipinski definition) is 1. The van der Waals surface area contributed by atoms with Crippen LogP contribution in [0.25, 0.3) is 0 Å². The normalized spacial score (nSPS) is 15.4. The standard InChI is InChI=1S/C15H18F3NO2.C2H7N/c1-21-14(20)11-5-6-12(13(9-11)15(16,17)18)10-19-7-3-2-4-8-19;1-3-2/h5-6,9H,2-4,7-8,10H2,1H3;3H,1-2H3. The van der Waals surface area contributed by atoms with Crippen LogP contribution in [-0.2, 0) is 17.5 Å². The van der Waals surface area contributed by atoms with Gasteiger partial charge in [0.1, 0.15) is 0 Å². The third-order valence-corrected chi connectivity index (χ3v) is 3.68. The second kappa shape index (κ2) is 9.64. The van der Waals surface area contributed by atoms with Gasteiger partial charge in [-0.1, -0.05) is 12.5 Å². The lowest BCUT2D eigenvalue weighted by Crippen LogP contribution is -2.30. The van der Waals surface area contributed by atoms with Crippen LogP contribution < -0.4 is 5.32 Å². The summed E-state index contributed by atoms with van der Waals surface area (Å²) in [5.41, 5.74) is -0.625. The summed E-state index contributed by atoms with van der Waals surface area (Å²) in [6.45, 7) is 1.89. The second-order valence-electron chi connectivity index (χ2n) is 5.70. The van der Waals surface area contributed by atoms with Gasteiger partial charge in [0.2, 0.25) is 0 Å². The fourth-order valence-electron chi connectivity index (χ4n) is 2.58. The van der Waals surface area contributed by atoms with Crippen molar-refractivity contribution in [2.45, 2.75) is 32.0 Å². The highest BCUT2D eigenvalue weighted by Crippen LogP contribution is 2.33. The van der Waals surface area contributed by atoms with E-state index < -0.39 is 17.7 Å². The van der Waals surface area contributed by atoms with Crippen LogP contribution in [0.15, 0.2) is 18.2 Å². The first-order chi connectivity index (χ1) is 11.3. The predicted molar refractivity (Wildman–Crippen MR) is 86.9 cm³/mol. The summed E-state index contributed by atoms with van der Waals surface area (Å²) in [7, 11) is 4.90. The lowest BCUT2D eigenvalue weighted by atomic mass is 10.0. The molecule has 0 aliphatic carbocycles. The van der Waals surface area contributed by atoms with Crippen molar-refractivity contribution < 1.29 is 22.7 Å². The fourth-order valence-corrected chi connectivity index (χ4v) is 2.58. The first-order valence-electron chi connectivity index (χ1n) is 7.92. The van der Waals surface area contributed by atoms with E-state index in [0.29, 0.717) is 0 Å². The molecule has 2 rings (SSSR count). The van der Waals surface area contributed by atoms with Crippen molar-refractivity contribution >= 4 is 5.97 Å². The van der Waals surface area contributed by atoms with Gasteiger partial charge in [-0.15, -0.1) is 0 Å². The third kappa shape index (κ3) is 6.13. The summed E-state index contributed by atoms with van der Waals surface area (Å²) in [4.78, 5) is 13.4. The highest BCUT2D eigenvalue weighted by Gasteiger charge is 2.34. The van der Waals surface area contributed by atoms with Gasteiger partial charge >= 0.3 is 12.1 Å². The Balaban J connectivity index is 0.000000891. The Kier molecular flexibility index (Phi) is 8.21. The van der Waals surface area contributed by atoms with E-state index >= 15 is 0 Å². The van der Waals surface area contributed by atoms with Gasteiger partial charge in [-0.25, -0.2) is 4.79 Å². The fraction of sp³-hybridized carbons (Fsp3) is 0.588. The first kappa shape index (κ1) is 20.4. The number of piperidine rings is 1. The van der Waals surface area contributed by atoms with E-state index in [9.17, 15) is 18.0 Å². The summed E-state index contributed by atoms with van der Waals surface area (Å²) in [6.07, 6.45) is -1.32. The smallest absolute Gasteiger partial charge is 0.416 e. The molecule has 0 unspecified atom stereocenters. The van der Waals surface area contributed by atoms with Crippen LogP contribution in [0.2, 0.25) is 0 Å². The minimum atomic E-state index is -4.48. The summed E-state index contributed by atoms with van der Waals surface area (Å²) >= 11 is 0. The molecule has 1 aromatic carbocycles. The summed E-state index contributed by atoms with van der Waals surface area (Å²) in [5, 5.41) is 2.75. The van der Waals surface area contributed by atoms with Gasteiger partial charge < -0.3 is 10.1 Å². The number of esters is 1. The van der Waals surface area contributed by atoms with Crippen molar-refractivity contribution in [1.82, 2.24) is 10.2 Å². The highest BCUT2D eigenvalue weighted by atomic mass is 19.4. The number of benzene rings is 1. The van der Waals surface area contributed by atoms with E-state index in [4.69, 9.17) is 0 Å². The Labute approximate surface area is 141 Å². The van der Waals surface area contributed by atoms with E-state index in [0.717, 1.165) is 45.5 Å². The molecule has 0 aromatic heterocycles. The molecule has 0 amide bonds. The third-order valence-electron chi connectivity index (χ3n) is 3.68. The van der Waals surface area contributed by atoms with Crippen LogP contribution in [0.1, 0.15) is 40.7 Å². The molecule has 0 spiro atoms. The Morgan fingerprint density at radius 2 is 1.79 bits per heavy atom. The molecule has 0 radical (unpaired) electrons. The molecule has 4 nitrogen and oxygen atoms in total. The molecule has 7 heteroatoms. The van der Waals surface area contributed by atoms with E-state index in [2.05, 4.69) is 10.1 Å². The van der Waals surface area contributed by atoms with Crippen molar-refractivity contribution in [3.05, 3.63) is 34.9 Å². The van der Waals surface area contributed by atoms with Gasteiger partial charge in [0.05, 0.1) is 18.2 Å². The number of alkyl halides is 3. The monoisotopic (exact) mass is 346 g/mol. The zero-order valence-corrected chi connectivity index (χ0v) is 14.4. The number of hydrogen-bond acceptors (Lipinski definition) is 4. The largest absolute Gasteiger partial charge is 0.465 e. The second-order valence-corrected chi connectivity index (χ2v) is 5.70. The predicted octanol–water partition coefficient (Wildman–Crippen LogP) is 3.31. The Morgan fingerprint density at radius 1 is 1.21 bits per heavy atom. The van der Waals surface area contributed by atoms with E-state index in [-0.39, 0.29) is 17.7 Å². The van der Waals surface area contributed by atoms with Gasteiger partial charge in [0.25, 0.3) is 0 Å². The van der Waals surface area contributed by atoms with Crippen molar-refractivity contribution in [2.24, 2.45) is 0 Å². The number of rotatable bonds is 3. The van der Waals surface area contributed by atoms with Crippen LogP contribution in [0.5, 0.6) is 0 Å². The summed E-state index contributed by atoms with van der Waals surface area (Å²) < 4.78 is 44.0. The van der Waals surface area contributed by atoms with Crippen LogP contribution in [-0.4, -0.2) is 45.2 Å². The maximum Gasteiger partial charge on any atom is 0.416 e. The number of ether oxygens (including phenoxy) is 1. The molecule has 24 heavy (non-hydrogen) atoms. The van der Waals surface area contributed by atoms with Crippen molar-refractivity contribution in [2.75, 3.05) is 34.3 Å². The average Bonchev–Trinajstić information content (AvgIpc) is 2.55. The number of halogens is 3. The molecular weight excluding hydrogens is 321 g/mol. The van der Waals surface area contributed by atoms with Gasteiger partial charge in [-0.05, 0) is 57.7 Å². The maximum absolute atomic E-state index is 13.2. The van der Waals surface area contributed by atoms with Crippen LogP contribution in [0.3, 0.4) is 0 Å². The Hall–Kier alpha value is -1.60. The topological polar surface area (TPSA) is 41.6 Å². The quantitative estimate of drug-likeness (QED) is 0.853. The summed E-state index contributed by atoms with van der Waals surface area (Å²) in [6, 6.07) is 3.65. The van der Waals surface area contributed by atoms with Crippen LogP contribution in [0.4, 0.5) is 13.2 Å². The van der Waals surface area contributed by atoms with Gasteiger partial charge in [0.15, 0.2) is 0 Å². The van der Waals surface area contributed by atoms with Gasteiger partial charge in [0, 0.05) is 6.54 Å². The molecule has 136 valence electrons. The molecular formula is C17H25F3N2O2. The zero-order valence-electron chi connectivity index (χ0n) is 14.4. The Bertz CT molecular complexity index is 527. The molecule has 0 bridgehead atoms. The van der Waals surface area contributed by atoms with Crippen molar-refractivity contribution in [3.8, 4) is 0 Å². The van der Waals surface area contributed by atoms with Crippen molar-refractivity contribution in [1.29, 1.82) is 0 Å². The van der Waals surface area contributed by atoms with Crippen LogP contribution >= 0.6 is 0 Å².